The van der Waals surface area contributed by atoms with Gasteiger partial charge in [-0.2, -0.15) is 0 Å². The van der Waals surface area contributed by atoms with Crippen molar-refractivity contribution in [2.75, 3.05) is 0 Å². The number of rotatable bonds is 5. The summed E-state index contributed by atoms with van der Waals surface area (Å²) in [6, 6.07) is 3.00. The maximum atomic E-state index is 11.7. The summed E-state index contributed by atoms with van der Waals surface area (Å²) in [7, 11) is 0. The summed E-state index contributed by atoms with van der Waals surface area (Å²) < 4.78 is 5.02. The van der Waals surface area contributed by atoms with Gasteiger partial charge in [-0.25, -0.2) is 0 Å². The van der Waals surface area contributed by atoms with Gasteiger partial charge in [0.15, 0.2) is 0 Å². The Kier molecular flexibility index (Phi) is 4.41. The van der Waals surface area contributed by atoms with Crippen molar-refractivity contribution >= 4 is 29.5 Å². The quantitative estimate of drug-likeness (QED) is 0.327. The number of nitrogens with zero attached hydrogens (tertiary/aromatic N) is 3. The fraction of sp³-hybridized carbons (Fsp3) is 0.0833. The Hall–Kier alpha value is -2.88. The van der Waals surface area contributed by atoms with Crippen LogP contribution in [0.1, 0.15) is 11.5 Å². The monoisotopic (exact) mass is 321 g/mol. The Balaban J connectivity index is 2.39. The van der Waals surface area contributed by atoms with Crippen LogP contribution in [0.25, 0.3) is 6.08 Å². The first-order valence-corrected chi connectivity index (χ1v) is 6.55. The highest BCUT2D eigenvalue weighted by Crippen LogP contribution is 2.30. The van der Waals surface area contributed by atoms with Crippen LogP contribution in [-0.4, -0.2) is 21.1 Å². The van der Waals surface area contributed by atoms with E-state index < -0.39 is 16.6 Å². The molecule has 0 bridgehead atoms. The number of aliphatic carboxylic acids is 1. The van der Waals surface area contributed by atoms with Gasteiger partial charge in [0.1, 0.15) is 0 Å². The molecule has 9 nitrogen and oxygen atoms in total. The van der Waals surface area contributed by atoms with Crippen molar-refractivity contribution in [3.8, 4) is 5.75 Å². The predicted octanol–water partition coefficient (Wildman–Crippen LogP) is 0.243. The number of carbonyl (C=O) groups excluding carboxylic acids is 1. The van der Waals surface area contributed by atoms with Crippen molar-refractivity contribution < 1.29 is 24.3 Å². The minimum absolute atomic E-state index is 0.0502. The number of nitro groups is 1. The molecule has 114 valence electrons. The van der Waals surface area contributed by atoms with E-state index in [1.54, 1.807) is 0 Å². The molecule has 0 saturated heterocycles. The van der Waals surface area contributed by atoms with Gasteiger partial charge in [-0.15, -0.1) is 15.9 Å². The first-order chi connectivity index (χ1) is 10.4. The van der Waals surface area contributed by atoms with Crippen LogP contribution in [0.2, 0.25) is 0 Å². The molecule has 0 aliphatic heterocycles. The molecule has 0 fully saturated rings. The van der Waals surface area contributed by atoms with Gasteiger partial charge in [0.2, 0.25) is 5.89 Å². The van der Waals surface area contributed by atoms with Crippen LogP contribution in [0.5, 0.6) is 5.75 Å². The smallest absolute Gasteiger partial charge is 0.281 e. The molecular formula is C12H7N3O6S-2. The van der Waals surface area contributed by atoms with E-state index in [9.17, 15) is 25.1 Å². The van der Waals surface area contributed by atoms with Crippen LogP contribution in [0.15, 0.2) is 32.7 Å². The van der Waals surface area contributed by atoms with E-state index in [2.05, 4.69) is 10.2 Å². The Labute approximate surface area is 127 Å². The number of hydrogen-bond acceptors (Lipinski definition) is 9. The number of thioether (sulfide) groups is 1. The second-order valence-corrected chi connectivity index (χ2v) is 4.96. The maximum Gasteiger partial charge on any atom is 0.281 e. The average molecular weight is 321 g/mol. The van der Waals surface area contributed by atoms with E-state index in [0.29, 0.717) is 11.8 Å². The number of aromatic nitrogens is 2. The topological polar surface area (TPSA) is 145 Å². The molecule has 0 unspecified atom stereocenters. The third-order valence-corrected chi connectivity index (χ3v) is 3.24. The van der Waals surface area contributed by atoms with Gasteiger partial charge in [-0.1, -0.05) is 6.07 Å². The molecule has 0 atom stereocenters. The lowest BCUT2D eigenvalue weighted by Gasteiger charge is -2.12. The summed E-state index contributed by atoms with van der Waals surface area (Å²) in [6.45, 7) is 1.52. The largest absolute Gasteiger partial charge is 0.872 e. The number of benzene rings is 1. The summed E-state index contributed by atoms with van der Waals surface area (Å²) in [6.07, 6.45) is 0.967. The van der Waals surface area contributed by atoms with E-state index >= 15 is 0 Å². The van der Waals surface area contributed by atoms with Crippen molar-refractivity contribution in [2.45, 2.75) is 12.1 Å². The minimum Gasteiger partial charge on any atom is -0.872 e. The van der Waals surface area contributed by atoms with E-state index in [0.717, 1.165) is 24.3 Å². The van der Waals surface area contributed by atoms with Crippen molar-refractivity contribution in [3.05, 3.63) is 44.7 Å². The lowest BCUT2D eigenvalue weighted by atomic mass is 10.1. The number of nitro benzene ring substituents is 1. The van der Waals surface area contributed by atoms with E-state index in [4.69, 9.17) is 4.42 Å². The molecule has 0 saturated carbocycles. The molecule has 0 spiro atoms. The molecule has 22 heavy (non-hydrogen) atoms. The summed E-state index contributed by atoms with van der Waals surface area (Å²) in [4.78, 5) is 20.7. The summed E-state index contributed by atoms with van der Waals surface area (Å²) in [5.74, 6) is -1.90. The minimum atomic E-state index is -1.58. The number of aryl methyl sites for hydroxylation is 1. The third-order valence-electron chi connectivity index (χ3n) is 2.40. The summed E-state index contributed by atoms with van der Waals surface area (Å²) in [5, 5.41) is 40.6. The highest BCUT2D eigenvalue weighted by Gasteiger charge is 2.11. The van der Waals surface area contributed by atoms with Crippen LogP contribution >= 0.6 is 11.8 Å². The fourth-order valence-electron chi connectivity index (χ4n) is 1.45. The third kappa shape index (κ3) is 3.61. The lowest BCUT2D eigenvalue weighted by Crippen LogP contribution is -2.23. The van der Waals surface area contributed by atoms with Crippen molar-refractivity contribution in [1.82, 2.24) is 10.2 Å². The number of carboxylic acid groups (broad SMARTS) is 1. The molecule has 0 aliphatic rings. The van der Waals surface area contributed by atoms with Crippen LogP contribution < -0.4 is 10.2 Å². The first-order valence-electron chi connectivity index (χ1n) is 5.73. The van der Waals surface area contributed by atoms with Gasteiger partial charge >= 0.3 is 0 Å². The lowest BCUT2D eigenvalue weighted by molar-refractivity contribution is -0.385. The van der Waals surface area contributed by atoms with E-state index in [-0.39, 0.29) is 27.3 Å². The second-order valence-electron chi connectivity index (χ2n) is 3.96. The number of carboxylic acids is 1. The molecule has 2 aromatic rings. The number of carbonyl (C=O) groups is 1. The Morgan fingerprint density at radius 1 is 1.41 bits per heavy atom. The summed E-state index contributed by atoms with van der Waals surface area (Å²) in [5.41, 5.74) is -0.487. The Morgan fingerprint density at radius 2 is 2.14 bits per heavy atom. The van der Waals surface area contributed by atoms with Crippen molar-refractivity contribution in [3.63, 3.8) is 0 Å². The zero-order valence-electron chi connectivity index (χ0n) is 11.0. The molecule has 0 radical (unpaired) electrons. The van der Waals surface area contributed by atoms with Crippen LogP contribution in [0.4, 0.5) is 5.69 Å². The number of non-ortho nitro benzene ring substituents is 1. The van der Waals surface area contributed by atoms with E-state index in [1.807, 2.05) is 0 Å². The second kappa shape index (κ2) is 6.26. The van der Waals surface area contributed by atoms with Gasteiger partial charge in [-0.3, -0.25) is 10.1 Å². The maximum absolute atomic E-state index is 11.7. The molecule has 0 amide bonds. The average Bonchev–Trinajstić information content (AvgIpc) is 2.85. The van der Waals surface area contributed by atoms with Gasteiger partial charge < -0.3 is 19.4 Å². The van der Waals surface area contributed by atoms with Crippen molar-refractivity contribution in [2.24, 2.45) is 0 Å². The van der Waals surface area contributed by atoms with Gasteiger partial charge in [-0.05, 0) is 23.4 Å². The van der Waals surface area contributed by atoms with Crippen LogP contribution in [0.3, 0.4) is 0 Å². The fourth-order valence-corrected chi connectivity index (χ4v) is 2.15. The van der Waals surface area contributed by atoms with Crippen molar-refractivity contribution in [1.29, 1.82) is 0 Å². The molecule has 10 heteroatoms. The zero-order valence-corrected chi connectivity index (χ0v) is 11.8. The highest BCUT2D eigenvalue weighted by molar-refractivity contribution is 8.03. The highest BCUT2D eigenvalue weighted by atomic mass is 32.2. The molecule has 1 aromatic carbocycles. The molecule has 2 rings (SSSR count). The summed E-state index contributed by atoms with van der Waals surface area (Å²) >= 11 is 0.585. The Morgan fingerprint density at radius 3 is 2.68 bits per heavy atom. The zero-order chi connectivity index (χ0) is 16.3. The van der Waals surface area contributed by atoms with Crippen LogP contribution in [-0.2, 0) is 4.79 Å². The Bertz CT molecular complexity index is 770. The molecular weight excluding hydrogens is 314 g/mol. The molecule has 1 aromatic heterocycles. The predicted molar refractivity (Wildman–Crippen MR) is 70.4 cm³/mol. The van der Waals surface area contributed by atoms with Gasteiger partial charge in [0.05, 0.1) is 10.9 Å². The number of hydrogen-bond donors (Lipinski definition) is 0. The van der Waals surface area contributed by atoms with Crippen LogP contribution in [0, 0.1) is 17.0 Å². The van der Waals surface area contributed by atoms with E-state index in [1.165, 1.54) is 6.92 Å². The van der Waals surface area contributed by atoms with Gasteiger partial charge in [0, 0.05) is 24.0 Å². The van der Waals surface area contributed by atoms with Gasteiger partial charge in [0.25, 0.3) is 10.9 Å². The SMILES string of the molecule is Cc1nnc(S/C(=C\c2cc([N+](=O)[O-])ccc2[O-])C(=O)[O-])o1. The standard InChI is InChI=1S/C12H9N3O6S/c1-6-13-14-12(21-6)22-10(11(17)18)5-7-4-8(15(19)20)2-3-9(7)16/h2-5,16H,1H3,(H,17,18)/p-2/b10-5-. The molecule has 0 aliphatic carbocycles. The first kappa shape index (κ1) is 15.5. The molecule has 1 heterocycles. The normalized spacial score (nSPS) is 11.4. The molecule has 0 N–H and O–H groups in total.